The first-order chi connectivity index (χ1) is 7.13. The molecule has 15 heavy (non-hydrogen) atoms. The average molecular weight is 229 g/mol. The van der Waals surface area contributed by atoms with Gasteiger partial charge in [-0.05, 0) is 6.92 Å². The van der Waals surface area contributed by atoms with Gasteiger partial charge in [0.2, 0.25) is 0 Å². The van der Waals surface area contributed by atoms with Crippen molar-refractivity contribution in [3.8, 4) is 0 Å². The minimum absolute atomic E-state index is 0.0780. The first-order valence-corrected chi connectivity index (χ1v) is 6.10. The van der Waals surface area contributed by atoms with Crippen molar-refractivity contribution in [2.75, 3.05) is 23.5 Å². The number of anilines is 2. The summed E-state index contributed by atoms with van der Waals surface area (Å²) >= 11 is 0. The molecule has 0 amide bonds. The highest BCUT2D eigenvalue weighted by atomic mass is 32.2. The Morgan fingerprint density at radius 3 is 2.80 bits per heavy atom. The van der Waals surface area contributed by atoms with Crippen LogP contribution >= 0.6 is 0 Å². The lowest BCUT2D eigenvalue weighted by molar-refractivity contribution is 0.679. The normalized spacial score (nSPS) is 14.3. The van der Waals surface area contributed by atoms with Crippen LogP contribution in [0.25, 0.3) is 0 Å². The van der Waals surface area contributed by atoms with Crippen molar-refractivity contribution in [2.24, 2.45) is 5.84 Å². The highest BCUT2D eigenvalue weighted by Gasteiger charge is 2.06. The molecule has 2 unspecified atom stereocenters. The minimum Gasteiger partial charge on any atom is -0.369 e. The second-order valence-electron chi connectivity index (χ2n) is 3.12. The molecule has 0 aliphatic heterocycles. The van der Waals surface area contributed by atoms with Gasteiger partial charge >= 0.3 is 0 Å². The zero-order chi connectivity index (χ0) is 11.3. The van der Waals surface area contributed by atoms with Crippen molar-refractivity contribution in [1.29, 1.82) is 0 Å². The fourth-order valence-electron chi connectivity index (χ4n) is 0.899. The first kappa shape index (κ1) is 11.9. The summed E-state index contributed by atoms with van der Waals surface area (Å²) in [6.45, 7) is 2.51. The van der Waals surface area contributed by atoms with Gasteiger partial charge in [0.15, 0.2) is 0 Å². The molecule has 1 heterocycles. The highest BCUT2D eigenvalue weighted by Crippen LogP contribution is 2.07. The standard InChI is InChI=1S/C8H15N5OS/c1-6(15(2)14)4-10-7-3-8(13-9)12-5-11-7/h3,5-6H,4,9H2,1-2H3,(H2,10,11,12,13). The first-order valence-electron chi connectivity index (χ1n) is 4.48. The van der Waals surface area contributed by atoms with Crippen molar-refractivity contribution in [2.45, 2.75) is 12.2 Å². The van der Waals surface area contributed by atoms with Crippen LogP contribution in [0.4, 0.5) is 11.6 Å². The molecule has 1 aromatic rings. The minimum atomic E-state index is -0.837. The van der Waals surface area contributed by atoms with E-state index in [1.54, 1.807) is 12.3 Å². The monoisotopic (exact) mass is 229 g/mol. The Kier molecular flexibility index (Phi) is 4.44. The summed E-state index contributed by atoms with van der Waals surface area (Å²) in [5, 5.41) is 3.14. The third kappa shape index (κ3) is 3.80. The predicted octanol–water partition coefficient (Wildman–Crippen LogP) is -0.0589. The number of nitrogen functional groups attached to an aromatic ring is 1. The Hall–Kier alpha value is -1.21. The Bertz CT molecular complexity index is 346. The maximum Gasteiger partial charge on any atom is 0.145 e. The SMILES string of the molecule is CC(CNc1cc(NN)ncn1)S(C)=O. The maximum absolute atomic E-state index is 11.1. The Morgan fingerprint density at radius 1 is 1.53 bits per heavy atom. The number of hydrogen-bond acceptors (Lipinski definition) is 6. The number of hydrazine groups is 1. The van der Waals surface area contributed by atoms with E-state index in [9.17, 15) is 4.21 Å². The fourth-order valence-corrected chi connectivity index (χ4v) is 1.22. The average Bonchev–Trinajstić information content (AvgIpc) is 2.26. The van der Waals surface area contributed by atoms with Crippen molar-refractivity contribution in [1.82, 2.24) is 9.97 Å². The molecule has 0 fully saturated rings. The molecule has 0 bridgehead atoms. The van der Waals surface area contributed by atoms with Crippen LogP contribution in [0.5, 0.6) is 0 Å². The number of rotatable bonds is 5. The molecule has 2 atom stereocenters. The molecule has 1 aromatic heterocycles. The van der Waals surface area contributed by atoms with E-state index in [0.29, 0.717) is 18.2 Å². The summed E-state index contributed by atoms with van der Waals surface area (Å²) in [4.78, 5) is 7.87. The molecule has 84 valence electrons. The maximum atomic E-state index is 11.1. The van der Waals surface area contributed by atoms with Crippen molar-refractivity contribution >= 4 is 22.4 Å². The van der Waals surface area contributed by atoms with Gasteiger partial charge in [-0.15, -0.1) is 0 Å². The molecule has 0 radical (unpaired) electrons. The Morgan fingerprint density at radius 2 is 2.20 bits per heavy atom. The van der Waals surface area contributed by atoms with Gasteiger partial charge in [-0.2, -0.15) is 0 Å². The van der Waals surface area contributed by atoms with E-state index in [4.69, 9.17) is 5.84 Å². The smallest absolute Gasteiger partial charge is 0.145 e. The topological polar surface area (TPSA) is 92.9 Å². The summed E-state index contributed by atoms with van der Waals surface area (Å²) in [5.41, 5.74) is 2.43. The Labute approximate surface area is 91.1 Å². The molecule has 0 saturated heterocycles. The van der Waals surface area contributed by atoms with Crippen LogP contribution in [-0.2, 0) is 10.8 Å². The number of hydrogen-bond donors (Lipinski definition) is 3. The van der Waals surface area contributed by atoms with Gasteiger partial charge < -0.3 is 10.7 Å². The Balaban J connectivity index is 2.53. The second-order valence-corrected chi connectivity index (χ2v) is 4.92. The molecule has 0 aliphatic rings. The van der Waals surface area contributed by atoms with Gasteiger partial charge in [-0.1, -0.05) is 0 Å². The van der Waals surface area contributed by atoms with E-state index < -0.39 is 10.8 Å². The van der Waals surface area contributed by atoms with Gasteiger partial charge in [-0.3, -0.25) is 4.21 Å². The summed E-state index contributed by atoms with van der Waals surface area (Å²) in [6.07, 6.45) is 3.09. The third-order valence-electron chi connectivity index (χ3n) is 1.95. The van der Waals surface area contributed by atoms with Gasteiger partial charge in [0, 0.05) is 34.9 Å². The van der Waals surface area contributed by atoms with E-state index >= 15 is 0 Å². The van der Waals surface area contributed by atoms with Crippen LogP contribution in [0, 0.1) is 0 Å². The summed E-state index contributed by atoms with van der Waals surface area (Å²) in [7, 11) is -0.837. The molecular formula is C8H15N5OS. The lowest BCUT2D eigenvalue weighted by atomic mass is 10.4. The molecule has 0 aromatic carbocycles. The zero-order valence-corrected chi connectivity index (χ0v) is 9.54. The number of nitrogens with two attached hydrogens (primary N) is 1. The molecule has 6 nitrogen and oxygen atoms in total. The number of nitrogens with zero attached hydrogens (tertiary/aromatic N) is 2. The summed E-state index contributed by atoms with van der Waals surface area (Å²) < 4.78 is 11.1. The van der Waals surface area contributed by atoms with Crippen LogP contribution < -0.4 is 16.6 Å². The number of nitrogens with one attached hydrogen (secondary N) is 2. The van der Waals surface area contributed by atoms with Crippen molar-refractivity contribution < 1.29 is 4.21 Å². The molecule has 1 rings (SSSR count). The van der Waals surface area contributed by atoms with Gasteiger partial charge in [0.05, 0.1) is 0 Å². The summed E-state index contributed by atoms with van der Waals surface area (Å²) in [6, 6.07) is 1.69. The van der Waals surface area contributed by atoms with Crippen LogP contribution in [0.1, 0.15) is 6.92 Å². The van der Waals surface area contributed by atoms with Crippen LogP contribution in [0.15, 0.2) is 12.4 Å². The highest BCUT2D eigenvalue weighted by molar-refractivity contribution is 7.84. The molecule has 7 heteroatoms. The molecule has 4 N–H and O–H groups in total. The number of aromatic nitrogens is 2. The van der Waals surface area contributed by atoms with Crippen LogP contribution in [0.2, 0.25) is 0 Å². The van der Waals surface area contributed by atoms with E-state index in [2.05, 4.69) is 20.7 Å². The fraction of sp³-hybridized carbons (Fsp3) is 0.500. The molecular weight excluding hydrogens is 214 g/mol. The van der Waals surface area contributed by atoms with E-state index in [1.165, 1.54) is 6.33 Å². The second kappa shape index (κ2) is 5.62. The molecule has 0 saturated carbocycles. The van der Waals surface area contributed by atoms with Crippen molar-refractivity contribution in [3.63, 3.8) is 0 Å². The predicted molar refractivity (Wildman–Crippen MR) is 61.9 cm³/mol. The van der Waals surface area contributed by atoms with E-state index in [0.717, 1.165) is 0 Å². The van der Waals surface area contributed by atoms with Crippen LogP contribution in [0.3, 0.4) is 0 Å². The largest absolute Gasteiger partial charge is 0.369 e. The van der Waals surface area contributed by atoms with Crippen molar-refractivity contribution in [3.05, 3.63) is 12.4 Å². The van der Waals surface area contributed by atoms with Gasteiger partial charge in [-0.25, -0.2) is 15.8 Å². The lowest BCUT2D eigenvalue weighted by Gasteiger charge is -2.10. The van der Waals surface area contributed by atoms with Gasteiger partial charge in [0.1, 0.15) is 18.0 Å². The molecule has 0 aliphatic carbocycles. The van der Waals surface area contributed by atoms with E-state index in [1.807, 2.05) is 6.92 Å². The van der Waals surface area contributed by atoms with Gasteiger partial charge in [0.25, 0.3) is 0 Å². The lowest BCUT2D eigenvalue weighted by Crippen LogP contribution is -2.21. The zero-order valence-electron chi connectivity index (χ0n) is 8.73. The quantitative estimate of drug-likeness (QED) is 0.484. The van der Waals surface area contributed by atoms with Crippen LogP contribution in [-0.4, -0.2) is 32.2 Å². The molecule has 0 spiro atoms. The van der Waals surface area contributed by atoms with E-state index in [-0.39, 0.29) is 5.25 Å². The third-order valence-corrected chi connectivity index (χ3v) is 3.25. The summed E-state index contributed by atoms with van der Waals surface area (Å²) in [5.74, 6) is 6.41.